The molecule has 3 heterocycles. The number of sulfonamides is 1. The van der Waals surface area contributed by atoms with Crippen molar-refractivity contribution in [1.82, 2.24) is 14.2 Å². The molecule has 0 N–H and O–H groups in total. The highest BCUT2D eigenvalue weighted by Gasteiger charge is 2.33. The fraction of sp³-hybridized carbons (Fsp3) is 0.182. The van der Waals surface area contributed by atoms with Crippen LogP contribution in [0.5, 0.6) is 0 Å². The van der Waals surface area contributed by atoms with Crippen LogP contribution in [-0.2, 0) is 10.0 Å². The predicted molar refractivity (Wildman–Crippen MR) is 128 cm³/mol. The van der Waals surface area contributed by atoms with Gasteiger partial charge < -0.3 is 4.90 Å². The van der Waals surface area contributed by atoms with Crippen molar-refractivity contribution in [2.24, 2.45) is 0 Å². The minimum Gasteiger partial charge on any atom is -0.335 e. The number of nitrogens with zero attached hydrogens (tertiary/aromatic N) is 3. The summed E-state index contributed by atoms with van der Waals surface area (Å²) in [5.74, 6) is -0.198. The van der Waals surface area contributed by atoms with Crippen molar-refractivity contribution in [2.45, 2.75) is 4.90 Å². The van der Waals surface area contributed by atoms with Gasteiger partial charge in [0.15, 0.2) is 0 Å². The number of para-hydroxylation sites is 1. The van der Waals surface area contributed by atoms with Crippen molar-refractivity contribution in [3.8, 4) is 0 Å². The molecule has 10 heteroatoms. The standard InChI is InChI=1S/C22H17Cl2N3O3S2/c23-15-6-7-16-17(13-15)31-21(19(16)24)22(28)26-9-11-27(12-10-26)32(29,30)18-5-1-3-14-4-2-8-25-20(14)18/h1-8,13H,9-12H2. The topological polar surface area (TPSA) is 70.6 Å². The van der Waals surface area contributed by atoms with Crippen LogP contribution in [-0.4, -0.2) is 54.7 Å². The molecule has 0 aliphatic carbocycles. The zero-order valence-corrected chi connectivity index (χ0v) is 19.8. The Morgan fingerprint density at radius 3 is 2.53 bits per heavy atom. The molecule has 5 rings (SSSR count). The summed E-state index contributed by atoms with van der Waals surface area (Å²) in [6.45, 7) is 0.959. The second-order valence-corrected chi connectivity index (χ2v) is 11.2. The summed E-state index contributed by atoms with van der Waals surface area (Å²) in [4.78, 5) is 19.7. The van der Waals surface area contributed by atoms with Crippen molar-refractivity contribution in [3.05, 3.63) is 69.7 Å². The van der Waals surface area contributed by atoms with Crippen LogP contribution in [0, 0.1) is 0 Å². The number of fused-ring (bicyclic) bond motifs is 2. The smallest absolute Gasteiger partial charge is 0.265 e. The molecule has 0 spiro atoms. The van der Waals surface area contributed by atoms with Gasteiger partial charge in [0.05, 0.1) is 10.5 Å². The molecule has 0 radical (unpaired) electrons. The summed E-state index contributed by atoms with van der Waals surface area (Å²) >= 11 is 13.8. The first-order valence-electron chi connectivity index (χ1n) is 9.87. The summed E-state index contributed by atoms with van der Waals surface area (Å²) in [6, 6.07) is 14.1. The monoisotopic (exact) mass is 505 g/mol. The summed E-state index contributed by atoms with van der Waals surface area (Å²) in [7, 11) is -3.74. The molecule has 0 unspecified atom stereocenters. The van der Waals surface area contributed by atoms with E-state index in [0.717, 1.165) is 15.5 Å². The van der Waals surface area contributed by atoms with E-state index in [9.17, 15) is 13.2 Å². The number of benzene rings is 2. The van der Waals surface area contributed by atoms with Gasteiger partial charge in [-0.25, -0.2) is 8.42 Å². The molecule has 0 saturated carbocycles. The molecule has 32 heavy (non-hydrogen) atoms. The highest BCUT2D eigenvalue weighted by Crippen LogP contribution is 2.37. The molecule has 1 fully saturated rings. The molecule has 1 aliphatic rings. The van der Waals surface area contributed by atoms with Crippen molar-refractivity contribution < 1.29 is 13.2 Å². The molecule has 4 aromatic rings. The largest absolute Gasteiger partial charge is 0.335 e. The summed E-state index contributed by atoms with van der Waals surface area (Å²) in [5.41, 5.74) is 0.448. The van der Waals surface area contributed by atoms with E-state index in [1.807, 2.05) is 12.1 Å². The molecule has 2 aromatic carbocycles. The number of amides is 1. The van der Waals surface area contributed by atoms with E-state index >= 15 is 0 Å². The Bertz CT molecular complexity index is 1460. The highest BCUT2D eigenvalue weighted by atomic mass is 35.5. The van der Waals surface area contributed by atoms with Gasteiger partial charge in [0.1, 0.15) is 9.77 Å². The van der Waals surface area contributed by atoms with E-state index in [2.05, 4.69) is 4.98 Å². The van der Waals surface area contributed by atoms with Crippen LogP contribution in [0.15, 0.2) is 59.6 Å². The van der Waals surface area contributed by atoms with E-state index in [1.54, 1.807) is 47.5 Å². The van der Waals surface area contributed by atoms with Crippen LogP contribution < -0.4 is 0 Å². The molecule has 2 aromatic heterocycles. The van der Waals surface area contributed by atoms with E-state index < -0.39 is 10.0 Å². The predicted octanol–water partition coefficient (Wildman–Crippen LogP) is 4.90. The first-order valence-corrected chi connectivity index (χ1v) is 12.9. The SMILES string of the molecule is O=C(c1sc2cc(Cl)ccc2c1Cl)N1CCN(S(=O)(=O)c2cccc3cccnc23)CC1. The van der Waals surface area contributed by atoms with Crippen molar-refractivity contribution in [3.63, 3.8) is 0 Å². The number of aromatic nitrogens is 1. The number of hydrogen-bond donors (Lipinski definition) is 0. The molecule has 164 valence electrons. The van der Waals surface area contributed by atoms with Gasteiger partial charge in [0, 0.05) is 52.9 Å². The van der Waals surface area contributed by atoms with Gasteiger partial charge in [-0.2, -0.15) is 4.31 Å². The van der Waals surface area contributed by atoms with Crippen LogP contribution in [0.4, 0.5) is 0 Å². The number of carbonyl (C=O) groups excluding carboxylic acids is 1. The number of thiophene rings is 1. The highest BCUT2D eigenvalue weighted by molar-refractivity contribution is 7.89. The lowest BCUT2D eigenvalue weighted by Crippen LogP contribution is -2.50. The zero-order chi connectivity index (χ0) is 22.5. The van der Waals surface area contributed by atoms with Crippen LogP contribution in [0.2, 0.25) is 10.0 Å². The average molecular weight is 506 g/mol. The quantitative estimate of drug-likeness (QED) is 0.396. The normalized spacial score (nSPS) is 15.5. The molecular weight excluding hydrogens is 489 g/mol. The lowest BCUT2D eigenvalue weighted by molar-refractivity contribution is 0.0703. The second kappa shape index (κ2) is 8.28. The second-order valence-electron chi connectivity index (χ2n) is 7.41. The van der Waals surface area contributed by atoms with Crippen LogP contribution in [0.25, 0.3) is 21.0 Å². The van der Waals surface area contributed by atoms with Gasteiger partial charge >= 0.3 is 0 Å². The van der Waals surface area contributed by atoms with Crippen LogP contribution >= 0.6 is 34.5 Å². The van der Waals surface area contributed by atoms with Gasteiger partial charge in [-0.05, 0) is 24.3 Å². The number of hydrogen-bond acceptors (Lipinski definition) is 5. The maximum atomic E-state index is 13.3. The summed E-state index contributed by atoms with van der Waals surface area (Å²) in [6.07, 6.45) is 1.58. The van der Waals surface area contributed by atoms with E-state index in [1.165, 1.54) is 15.6 Å². The third-order valence-electron chi connectivity index (χ3n) is 5.53. The molecular formula is C22H17Cl2N3O3S2. The zero-order valence-electron chi connectivity index (χ0n) is 16.7. The maximum absolute atomic E-state index is 13.3. The Labute approximate surface area is 199 Å². The van der Waals surface area contributed by atoms with Gasteiger partial charge in [-0.1, -0.05) is 47.5 Å². The third kappa shape index (κ3) is 3.66. The Morgan fingerprint density at radius 2 is 1.75 bits per heavy atom. The van der Waals surface area contributed by atoms with Crippen molar-refractivity contribution in [2.75, 3.05) is 26.2 Å². The first-order chi connectivity index (χ1) is 15.4. The number of halogens is 2. The fourth-order valence-electron chi connectivity index (χ4n) is 3.88. The van der Waals surface area contributed by atoms with Gasteiger partial charge in [0.25, 0.3) is 5.91 Å². The molecule has 1 aliphatic heterocycles. The molecule has 1 amide bonds. The summed E-state index contributed by atoms with van der Waals surface area (Å²) in [5, 5.41) is 2.54. The number of rotatable bonds is 3. The minimum atomic E-state index is -3.74. The van der Waals surface area contributed by atoms with Crippen molar-refractivity contribution >= 4 is 71.5 Å². The van der Waals surface area contributed by atoms with E-state index in [-0.39, 0.29) is 37.0 Å². The lowest BCUT2D eigenvalue weighted by atomic mass is 10.2. The Morgan fingerprint density at radius 1 is 1.00 bits per heavy atom. The van der Waals surface area contributed by atoms with E-state index in [0.29, 0.717) is 20.4 Å². The Kier molecular flexibility index (Phi) is 5.59. The van der Waals surface area contributed by atoms with Crippen LogP contribution in [0.3, 0.4) is 0 Å². The van der Waals surface area contributed by atoms with Gasteiger partial charge in [0.2, 0.25) is 10.0 Å². The lowest BCUT2D eigenvalue weighted by Gasteiger charge is -2.34. The maximum Gasteiger partial charge on any atom is 0.265 e. The molecule has 1 saturated heterocycles. The van der Waals surface area contributed by atoms with E-state index in [4.69, 9.17) is 23.2 Å². The molecule has 0 atom stereocenters. The first kappa shape index (κ1) is 21.6. The Balaban J connectivity index is 1.37. The van der Waals surface area contributed by atoms with Crippen LogP contribution in [0.1, 0.15) is 9.67 Å². The number of pyridine rings is 1. The third-order valence-corrected chi connectivity index (χ3v) is 9.34. The van der Waals surface area contributed by atoms with Crippen molar-refractivity contribution in [1.29, 1.82) is 0 Å². The number of carbonyl (C=O) groups is 1. The molecule has 6 nitrogen and oxygen atoms in total. The minimum absolute atomic E-state index is 0.180. The van der Waals surface area contributed by atoms with Gasteiger partial charge in [-0.3, -0.25) is 9.78 Å². The molecule has 0 bridgehead atoms. The van der Waals surface area contributed by atoms with Gasteiger partial charge in [-0.15, -0.1) is 11.3 Å². The fourth-order valence-corrected chi connectivity index (χ4v) is 7.22. The summed E-state index contributed by atoms with van der Waals surface area (Å²) < 4.78 is 28.9. The Hall–Kier alpha value is -2.23. The number of piperazine rings is 1. The average Bonchev–Trinajstić information content (AvgIpc) is 3.13.